The van der Waals surface area contributed by atoms with Gasteiger partial charge >= 0.3 is 0 Å². The first-order valence-electron chi connectivity index (χ1n) is 0. The molecule has 0 aromatic heterocycles. The quantitative estimate of drug-likeness (QED) is 0.339. The second-order valence-electron chi connectivity index (χ2n) is 0. The second-order valence-corrected chi connectivity index (χ2v) is 0. The third-order valence-corrected chi connectivity index (χ3v) is 0. The molecule has 0 spiro atoms. The SMILES string of the molecule is O.O.O.[Cr].[F-].[F-].[F-]. The van der Waals surface area contributed by atoms with Crippen molar-refractivity contribution in [2.24, 2.45) is 0 Å². The average molecular weight is 163 g/mol. The third-order valence-electron chi connectivity index (χ3n) is 0. The zero-order valence-electron chi connectivity index (χ0n) is 3.04. The largest absolute Gasteiger partial charge is 1.00 e. The van der Waals surface area contributed by atoms with Crippen LogP contribution in [-0.4, -0.2) is 16.4 Å². The summed E-state index contributed by atoms with van der Waals surface area (Å²) in [5, 5.41) is 0. The Bertz CT molecular complexity index is 10.1. The molecule has 0 unspecified atom stereocenters. The van der Waals surface area contributed by atoms with Gasteiger partial charge in [0.1, 0.15) is 0 Å². The zero-order chi connectivity index (χ0) is 0. The fourth-order valence-electron chi connectivity index (χ4n) is 0. The van der Waals surface area contributed by atoms with E-state index in [1.165, 1.54) is 0 Å². The molecule has 0 heterocycles. The summed E-state index contributed by atoms with van der Waals surface area (Å²) >= 11 is 0. The Kier molecular flexibility index (Phi) is 3950000. The van der Waals surface area contributed by atoms with E-state index in [-0.39, 0.29) is 47.9 Å². The molecule has 0 saturated carbocycles. The summed E-state index contributed by atoms with van der Waals surface area (Å²) in [5.41, 5.74) is 0. The van der Waals surface area contributed by atoms with Crippen molar-refractivity contribution in [3.05, 3.63) is 0 Å². The Labute approximate surface area is 48.9 Å². The first kappa shape index (κ1) is 6760. The molecule has 0 aliphatic carbocycles. The normalized spacial score (nSPS) is 0. The van der Waals surface area contributed by atoms with E-state index in [0.29, 0.717) is 0 Å². The minimum atomic E-state index is 0. The van der Waals surface area contributed by atoms with Crippen molar-refractivity contribution in [3.63, 3.8) is 0 Å². The van der Waals surface area contributed by atoms with Crippen LogP contribution >= 0.6 is 0 Å². The van der Waals surface area contributed by atoms with Crippen LogP contribution in [0.15, 0.2) is 0 Å². The first-order valence-corrected chi connectivity index (χ1v) is 0. The number of halogens is 3. The van der Waals surface area contributed by atoms with Crippen LogP contribution in [0, 0.1) is 0 Å². The topological polar surface area (TPSA) is 94.5 Å². The minimum absolute atomic E-state index is 0. The molecule has 0 aliphatic heterocycles. The number of rotatable bonds is 0. The molecule has 54 valence electrons. The van der Waals surface area contributed by atoms with Gasteiger partial charge in [-0.05, 0) is 0 Å². The van der Waals surface area contributed by atoms with E-state index in [9.17, 15) is 0 Å². The van der Waals surface area contributed by atoms with E-state index < -0.39 is 0 Å². The van der Waals surface area contributed by atoms with Gasteiger partial charge in [-0.25, -0.2) is 0 Å². The number of hydrogen-bond donors (Lipinski definition) is 0. The van der Waals surface area contributed by atoms with Gasteiger partial charge in [0.2, 0.25) is 0 Å². The van der Waals surface area contributed by atoms with E-state index in [1.54, 1.807) is 0 Å². The molecule has 3 nitrogen and oxygen atoms in total. The van der Waals surface area contributed by atoms with Crippen molar-refractivity contribution in [2.75, 3.05) is 0 Å². The Morgan fingerprint density at radius 2 is 0.429 bits per heavy atom. The van der Waals surface area contributed by atoms with E-state index in [2.05, 4.69) is 0 Å². The Hall–Kier alpha value is 0.202. The smallest absolute Gasteiger partial charge is 0 e. The molecule has 7 heavy (non-hydrogen) atoms. The summed E-state index contributed by atoms with van der Waals surface area (Å²) in [5.74, 6) is 0. The Balaban J connectivity index is 0. The zero-order valence-corrected chi connectivity index (χ0v) is 4.32. The van der Waals surface area contributed by atoms with Crippen LogP contribution in [0.25, 0.3) is 0 Å². The summed E-state index contributed by atoms with van der Waals surface area (Å²) in [4.78, 5) is 0. The van der Waals surface area contributed by atoms with Crippen LogP contribution in [0.3, 0.4) is 0 Å². The van der Waals surface area contributed by atoms with Gasteiger partial charge in [-0.3, -0.25) is 0 Å². The summed E-state index contributed by atoms with van der Waals surface area (Å²) in [6.07, 6.45) is 0. The average Bonchev–Trinajstić information content (AvgIpc) is 0. The van der Waals surface area contributed by atoms with Gasteiger partial charge in [0.15, 0.2) is 0 Å². The predicted octanol–water partition coefficient (Wildman–Crippen LogP) is -11.5. The molecule has 0 rings (SSSR count). The van der Waals surface area contributed by atoms with Crippen LogP contribution in [0.2, 0.25) is 0 Å². The Morgan fingerprint density at radius 1 is 0.429 bits per heavy atom. The molecule has 0 bridgehead atoms. The van der Waals surface area contributed by atoms with Gasteiger partial charge in [-0.2, -0.15) is 0 Å². The molecule has 0 amide bonds. The monoisotopic (exact) mass is 163 g/mol. The van der Waals surface area contributed by atoms with Crippen LogP contribution in [0.4, 0.5) is 0 Å². The van der Waals surface area contributed by atoms with Crippen molar-refractivity contribution in [2.45, 2.75) is 0 Å². The molecule has 0 radical (unpaired) electrons. The van der Waals surface area contributed by atoms with Gasteiger partial charge < -0.3 is 30.5 Å². The molecule has 0 aromatic rings. The van der Waals surface area contributed by atoms with E-state index in [1.807, 2.05) is 0 Å². The van der Waals surface area contributed by atoms with Crippen molar-refractivity contribution < 1.29 is 47.9 Å². The molecule has 0 saturated heterocycles. The summed E-state index contributed by atoms with van der Waals surface area (Å²) in [6.45, 7) is 0. The predicted molar refractivity (Wildman–Crippen MR) is 10.8 cm³/mol. The molecular weight excluding hydrogens is 157 g/mol. The summed E-state index contributed by atoms with van der Waals surface area (Å²) < 4.78 is 0. The maximum atomic E-state index is 0. The molecule has 7 heteroatoms. The van der Waals surface area contributed by atoms with Crippen LogP contribution in [0.5, 0.6) is 0 Å². The summed E-state index contributed by atoms with van der Waals surface area (Å²) in [6, 6.07) is 0. The van der Waals surface area contributed by atoms with E-state index in [4.69, 9.17) is 0 Å². The van der Waals surface area contributed by atoms with Crippen molar-refractivity contribution >= 4 is 0 Å². The molecule has 0 atom stereocenters. The van der Waals surface area contributed by atoms with Crippen molar-refractivity contribution in [1.29, 1.82) is 0 Å². The van der Waals surface area contributed by atoms with Gasteiger partial charge in [-0.1, -0.05) is 0 Å². The molecular formula is H6CrF3O3-3. The van der Waals surface area contributed by atoms with Crippen LogP contribution < -0.4 is 14.1 Å². The maximum absolute atomic E-state index is 0. The van der Waals surface area contributed by atoms with Gasteiger partial charge in [0.05, 0.1) is 0 Å². The number of hydrogen-bond acceptors (Lipinski definition) is 0. The molecule has 0 aliphatic rings. The molecule has 0 fully saturated rings. The molecule has 0 aromatic carbocycles. The standard InChI is InChI=1S/Cr.3FH.3H2O/h;3*1H;3*1H2/p-3. The third kappa shape index (κ3) is 2670. The van der Waals surface area contributed by atoms with E-state index >= 15 is 0 Å². The summed E-state index contributed by atoms with van der Waals surface area (Å²) in [7, 11) is 0. The Morgan fingerprint density at radius 3 is 0.429 bits per heavy atom. The first-order chi connectivity index (χ1) is 0. The minimum Gasteiger partial charge on any atom is -1.00 e. The fraction of sp³-hybridized carbons (Fsp3) is 0. The van der Waals surface area contributed by atoms with Crippen molar-refractivity contribution in [3.8, 4) is 0 Å². The molecule has 6 N–H and O–H groups in total. The van der Waals surface area contributed by atoms with Gasteiger partial charge in [0, 0.05) is 17.4 Å². The van der Waals surface area contributed by atoms with Crippen LogP contribution in [0.1, 0.15) is 0 Å². The second kappa shape index (κ2) is 4100. The van der Waals surface area contributed by atoms with Crippen LogP contribution in [-0.2, 0) is 17.4 Å². The van der Waals surface area contributed by atoms with E-state index in [0.717, 1.165) is 0 Å². The van der Waals surface area contributed by atoms with Gasteiger partial charge in [-0.15, -0.1) is 0 Å². The fourth-order valence-corrected chi connectivity index (χ4v) is 0. The maximum Gasteiger partial charge on any atom is 0 e. The van der Waals surface area contributed by atoms with Gasteiger partial charge in [0.25, 0.3) is 0 Å². The van der Waals surface area contributed by atoms with Crippen molar-refractivity contribution in [1.82, 2.24) is 0 Å².